The molecule has 0 N–H and O–H groups in total. The molecule has 3 nitrogen and oxygen atoms in total. The fourth-order valence-corrected chi connectivity index (χ4v) is 1.85. The number of ketones is 1. The van der Waals surface area contributed by atoms with Gasteiger partial charge in [0.05, 0.1) is 0 Å². The Kier molecular flexibility index (Phi) is 9.19. The number of hydrogen-bond donors (Lipinski definition) is 0. The van der Waals surface area contributed by atoms with E-state index in [0.29, 0.717) is 18.4 Å². The van der Waals surface area contributed by atoms with Gasteiger partial charge >= 0.3 is 0 Å². The zero-order valence-corrected chi connectivity index (χ0v) is 13.0. The molecule has 0 aromatic heterocycles. The molecule has 19 heavy (non-hydrogen) atoms. The molecular weight excluding hydrogens is 238 g/mol. The molecule has 0 aliphatic carbocycles. The molecule has 1 heterocycles. The molecule has 1 aliphatic heterocycles. The SMILES string of the molecule is C=C(C)C(=O)CCC(=O)N1CCC(C)CC1.CCC. The van der Waals surface area contributed by atoms with Crippen molar-refractivity contribution in [2.75, 3.05) is 13.1 Å². The summed E-state index contributed by atoms with van der Waals surface area (Å²) < 4.78 is 0. The second-order valence-corrected chi connectivity index (χ2v) is 5.47. The van der Waals surface area contributed by atoms with Gasteiger partial charge in [0.1, 0.15) is 0 Å². The number of amides is 1. The molecule has 1 rings (SSSR count). The molecule has 1 saturated heterocycles. The van der Waals surface area contributed by atoms with E-state index in [0.717, 1.165) is 31.8 Å². The van der Waals surface area contributed by atoms with Crippen molar-refractivity contribution >= 4 is 11.7 Å². The Balaban J connectivity index is 0.000000982. The molecule has 0 saturated carbocycles. The highest BCUT2D eigenvalue weighted by Gasteiger charge is 2.20. The zero-order chi connectivity index (χ0) is 14.8. The summed E-state index contributed by atoms with van der Waals surface area (Å²) in [5, 5.41) is 0. The number of piperidine rings is 1. The third kappa shape index (κ3) is 7.81. The molecule has 0 aromatic rings. The van der Waals surface area contributed by atoms with E-state index in [2.05, 4.69) is 27.4 Å². The van der Waals surface area contributed by atoms with Crippen LogP contribution in [0, 0.1) is 5.92 Å². The lowest BCUT2D eigenvalue weighted by molar-refractivity contribution is -0.134. The molecule has 0 bridgehead atoms. The lowest BCUT2D eigenvalue weighted by atomic mass is 9.99. The van der Waals surface area contributed by atoms with Gasteiger partial charge in [0.2, 0.25) is 5.91 Å². The van der Waals surface area contributed by atoms with Crippen LogP contribution in [0.3, 0.4) is 0 Å². The van der Waals surface area contributed by atoms with E-state index in [1.54, 1.807) is 6.92 Å². The average molecular weight is 267 g/mol. The normalized spacial score (nSPS) is 15.5. The van der Waals surface area contributed by atoms with Crippen LogP contribution in [0.5, 0.6) is 0 Å². The number of carbonyl (C=O) groups is 2. The molecule has 0 spiro atoms. The van der Waals surface area contributed by atoms with Crippen LogP contribution in [-0.2, 0) is 9.59 Å². The minimum Gasteiger partial charge on any atom is -0.343 e. The third-order valence-electron chi connectivity index (χ3n) is 3.18. The summed E-state index contributed by atoms with van der Waals surface area (Å²) in [4.78, 5) is 25.0. The molecule has 110 valence electrons. The first-order valence-electron chi connectivity index (χ1n) is 7.38. The maximum absolute atomic E-state index is 11.8. The summed E-state index contributed by atoms with van der Waals surface area (Å²) in [6.45, 7) is 13.4. The molecule has 1 fully saturated rings. The second-order valence-electron chi connectivity index (χ2n) is 5.47. The van der Waals surface area contributed by atoms with Crippen LogP contribution < -0.4 is 0 Å². The van der Waals surface area contributed by atoms with Crippen molar-refractivity contribution in [3.63, 3.8) is 0 Å². The van der Waals surface area contributed by atoms with Crippen LogP contribution in [-0.4, -0.2) is 29.7 Å². The highest BCUT2D eigenvalue weighted by molar-refractivity contribution is 5.96. The number of Topliss-reactive ketones (excluding diaryl/α,β-unsaturated/α-hetero) is 1. The van der Waals surface area contributed by atoms with E-state index in [4.69, 9.17) is 0 Å². The van der Waals surface area contributed by atoms with Gasteiger partial charge in [0.25, 0.3) is 0 Å². The molecule has 1 amide bonds. The molecule has 0 unspecified atom stereocenters. The number of likely N-dealkylation sites (tertiary alicyclic amines) is 1. The van der Waals surface area contributed by atoms with E-state index in [1.165, 1.54) is 6.42 Å². The standard InChI is InChI=1S/C13H21NO2.C3H8/c1-10(2)12(15)4-5-13(16)14-8-6-11(3)7-9-14;1-3-2/h11H,1,4-9H2,2-3H3;3H2,1-2H3. The Hall–Kier alpha value is -1.12. The largest absolute Gasteiger partial charge is 0.343 e. The Bertz CT molecular complexity index is 302. The fourth-order valence-electron chi connectivity index (χ4n) is 1.85. The van der Waals surface area contributed by atoms with Crippen molar-refractivity contribution in [2.45, 2.75) is 59.8 Å². The fraction of sp³-hybridized carbons (Fsp3) is 0.750. The van der Waals surface area contributed by atoms with Gasteiger partial charge in [-0.15, -0.1) is 0 Å². The predicted octanol–water partition coefficient (Wildman–Crippen LogP) is 3.59. The van der Waals surface area contributed by atoms with Crippen LogP contribution >= 0.6 is 0 Å². The molecule has 0 atom stereocenters. The van der Waals surface area contributed by atoms with Crippen LogP contribution in [0.25, 0.3) is 0 Å². The van der Waals surface area contributed by atoms with Gasteiger partial charge in [0.15, 0.2) is 5.78 Å². The average Bonchev–Trinajstić information content (AvgIpc) is 2.37. The lowest BCUT2D eigenvalue weighted by Gasteiger charge is -2.30. The maximum Gasteiger partial charge on any atom is 0.223 e. The minimum atomic E-state index is -0.00118. The van der Waals surface area contributed by atoms with Crippen molar-refractivity contribution in [1.82, 2.24) is 4.90 Å². The van der Waals surface area contributed by atoms with Crippen LogP contribution in [0.2, 0.25) is 0 Å². The number of nitrogens with zero attached hydrogens (tertiary/aromatic N) is 1. The third-order valence-corrected chi connectivity index (χ3v) is 3.18. The molecule has 0 radical (unpaired) electrons. The second kappa shape index (κ2) is 9.76. The first-order valence-corrected chi connectivity index (χ1v) is 7.38. The van der Waals surface area contributed by atoms with Gasteiger partial charge in [-0.05, 0) is 31.3 Å². The number of hydrogen-bond acceptors (Lipinski definition) is 2. The van der Waals surface area contributed by atoms with E-state index in [9.17, 15) is 9.59 Å². The first kappa shape index (κ1) is 17.9. The highest BCUT2D eigenvalue weighted by Crippen LogP contribution is 2.17. The van der Waals surface area contributed by atoms with Gasteiger partial charge in [0, 0.05) is 25.9 Å². The Morgan fingerprint density at radius 1 is 1.16 bits per heavy atom. The Morgan fingerprint density at radius 3 is 2.05 bits per heavy atom. The summed E-state index contributed by atoms with van der Waals surface area (Å²) in [7, 11) is 0. The van der Waals surface area contributed by atoms with E-state index in [1.807, 2.05) is 4.90 Å². The van der Waals surface area contributed by atoms with Gasteiger partial charge in [-0.25, -0.2) is 0 Å². The Morgan fingerprint density at radius 2 is 1.63 bits per heavy atom. The monoisotopic (exact) mass is 267 g/mol. The molecule has 1 aliphatic rings. The van der Waals surface area contributed by atoms with Crippen molar-refractivity contribution in [2.24, 2.45) is 5.92 Å². The smallest absolute Gasteiger partial charge is 0.223 e. The van der Waals surface area contributed by atoms with Gasteiger partial charge in [-0.3, -0.25) is 9.59 Å². The topological polar surface area (TPSA) is 37.4 Å². The minimum absolute atomic E-state index is 0.00118. The maximum atomic E-state index is 11.8. The van der Waals surface area contributed by atoms with Gasteiger partial charge in [-0.2, -0.15) is 0 Å². The van der Waals surface area contributed by atoms with Gasteiger partial charge in [-0.1, -0.05) is 33.8 Å². The van der Waals surface area contributed by atoms with Crippen LogP contribution in [0.1, 0.15) is 59.8 Å². The van der Waals surface area contributed by atoms with Crippen LogP contribution in [0.4, 0.5) is 0 Å². The van der Waals surface area contributed by atoms with Crippen molar-refractivity contribution < 1.29 is 9.59 Å². The van der Waals surface area contributed by atoms with E-state index >= 15 is 0 Å². The van der Waals surface area contributed by atoms with Crippen molar-refractivity contribution in [1.29, 1.82) is 0 Å². The van der Waals surface area contributed by atoms with Crippen molar-refractivity contribution in [3.8, 4) is 0 Å². The summed E-state index contributed by atoms with van der Waals surface area (Å²) in [5.74, 6) is 0.835. The quantitative estimate of drug-likeness (QED) is 0.730. The van der Waals surface area contributed by atoms with Gasteiger partial charge < -0.3 is 4.90 Å². The summed E-state index contributed by atoms with van der Waals surface area (Å²) >= 11 is 0. The summed E-state index contributed by atoms with van der Waals surface area (Å²) in [5.41, 5.74) is 0.542. The van der Waals surface area contributed by atoms with E-state index in [-0.39, 0.29) is 11.7 Å². The molecule has 0 aromatic carbocycles. The zero-order valence-electron chi connectivity index (χ0n) is 13.0. The van der Waals surface area contributed by atoms with E-state index < -0.39 is 0 Å². The molecule has 3 heteroatoms. The summed E-state index contributed by atoms with van der Waals surface area (Å²) in [6, 6.07) is 0. The number of allylic oxidation sites excluding steroid dienone is 1. The number of rotatable bonds is 4. The molecular formula is C16H29NO2. The summed E-state index contributed by atoms with van der Waals surface area (Å²) in [6.07, 6.45) is 4.06. The lowest BCUT2D eigenvalue weighted by Crippen LogP contribution is -2.38. The predicted molar refractivity (Wildman–Crippen MR) is 80.0 cm³/mol. The number of carbonyl (C=O) groups excluding carboxylic acids is 2. The van der Waals surface area contributed by atoms with Crippen LogP contribution in [0.15, 0.2) is 12.2 Å². The Labute approximate surface area is 118 Å². The van der Waals surface area contributed by atoms with Crippen molar-refractivity contribution in [3.05, 3.63) is 12.2 Å². The highest BCUT2D eigenvalue weighted by atomic mass is 16.2. The first-order chi connectivity index (χ1) is 8.92.